The summed E-state index contributed by atoms with van der Waals surface area (Å²) in [7, 11) is 0. The Labute approximate surface area is 132 Å². The van der Waals surface area contributed by atoms with Crippen molar-refractivity contribution in [3.8, 4) is 10.4 Å². The van der Waals surface area contributed by atoms with Crippen molar-refractivity contribution in [2.45, 2.75) is 13.3 Å². The Bertz CT molecular complexity index is 728. The van der Waals surface area contributed by atoms with E-state index in [4.69, 9.17) is 0 Å². The summed E-state index contributed by atoms with van der Waals surface area (Å²) in [6, 6.07) is 3.93. The van der Waals surface area contributed by atoms with Gasteiger partial charge in [0.15, 0.2) is 5.13 Å². The molecule has 0 aliphatic carbocycles. The molecule has 0 atom stereocenters. The van der Waals surface area contributed by atoms with Gasteiger partial charge in [-0.3, -0.25) is 0 Å². The molecule has 0 bridgehead atoms. The molecule has 0 radical (unpaired) electrons. The van der Waals surface area contributed by atoms with Gasteiger partial charge in [0.1, 0.15) is 12.1 Å². The monoisotopic (exact) mass is 312 g/mol. The molecular formula is C15H16N6S. The van der Waals surface area contributed by atoms with E-state index in [1.807, 2.05) is 18.3 Å². The number of anilines is 3. The molecular weight excluding hydrogens is 296 g/mol. The predicted octanol–water partition coefficient (Wildman–Crippen LogP) is 3.56. The van der Waals surface area contributed by atoms with Gasteiger partial charge in [-0.2, -0.15) is 0 Å². The molecule has 0 aliphatic heterocycles. The Balaban J connectivity index is 1.72. The first kappa shape index (κ1) is 14.4. The van der Waals surface area contributed by atoms with Crippen molar-refractivity contribution < 1.29 is 0 Å². The van der Waals surface area contributed by atoms with Crippen LogP contribution in [-0.2, 0) is 0 Å². The van der Waals surface area contributed by atoms with Gasteiger partial charge in [-0.15, -0.1) is 0 Å². The van der Waals surface area contributed by atoms with Crippen LogP contribution in [0.3, 0.4) is 0 Å². The summed E-state index contributed by atoms with van der Waals surface area (Å²) in [5, 5.41) is 7.36. The van der Waals surface area contributed by atoms with Crippen molar-refractivity contribution in [3.63, 3.8) is 0 Å². The van der Waals surface area contributed by atoms with E-state index in [1.165, 1.54) is 6.33 Å². The van der Waals surface area contributed by atoms with Gasteiger partial charge in [0.25, 0.3) is 0 Å². The van der Waals surface area contributed by atoms with Crippen molar-refractivity contribution in [2.24, 2.45) is 0 Å². The molecule has 0 fully saturated rings. The molecule has 3 aromatic heterocycles. The first-order chi connectivity index (χ1) is 10.8. The number of hydrogen-bond donors (Lipinski definition) is 2. The van der Waals surface area contributed by atoms with E-state index < -0.39 is 0 Å². The van der Waals surface area contributed by atoms with Crippen LogP contribution in [0.5, 0.6) is 0 Å². The lowest BCUT2D eigenvalue weighted by molar-refractivity contribution is 0.979. The minimum atomic E-state index is 0.770. The summed E-state index contributed by atoms with van der Waals surface area (Å²) < 4.78 is 0. The minimum Gasteiger partial charge on any atom is -0.385 e. The highest BCUT2D eigenvalue weighted by molar-refractivity contribution is 7.18. The largest absolute Gasteiger partial charge is 0.385 e. The number of nitrogens with zero attached hydrogens (tertiary/aromatic N) is 4. The van der Waals surface area contributed by atoms with E-state index in [9.17, 15) is 0 Å². The highest BCUT2D eigenvalue weighted by atomic mass is 32.1. The second kappa shape index (κ2) is 6.95. The molecule has 6 nitrogen and oxygen atoms in total. The molecule has 3 heterocycles. The molecule has 3 aromatic rings. The summed E-state index contributed by atoms with van der Waals surface area (Å²) >= 11 is 1.54. The van der Waals surface area contributed by atoms with Crippen LogP contribution >= 0.6 is 11.3 Å². The average Bonchev–Trinajstić information content (AvgIpc) is 3.03. The number of rotatable bonds is 6. The number of hydrogen-bond acceptors (Lipinski definition) is 7. The SMILES string of the molecule is CCCNc1ccnc(Nc2ncc(-c3cncnc3)s2)c1. The van der Waals surface area contributed by atoms with Crippen LogP contribution < -0.4 is 10.6 Å². The van der Waals surface area contributed by atoms with Gasteiger partial charge in [0.05, 0.1) is 4.88 Å². The highest BCUT2D eigenvalue weighted by Crippen LogP contribution is 2.29. The quantitative estimate of drug-likeness (QED) is 0.725. The fourth-order valence-corrected chi connectivity index (χ4v) is 2.68. The van der Waals surface area contributed by atoms with E-state index in [0.717, 1.165) is 40.0 Å². The molecule has 0 spiro atoms. The van der Waals surface area contributed by atoms with Crippen molar-refractivity contribution in [1.29, 1.82) is 0 Å². The van der Waals surface area contributed by atoms with E-state index in [1.54, 1.807) is 29.9 Å². The minimum absolute atomic E-state index is 0.770. The maximum absolute atomic E-state index is 4.37. The average molecular weight is 312 g/mol. The van der Waals surface area contributed by atoms with Crippen LogP contribution in [0.4, 0.5) is 16.6 Å². The third-order valence-corrected chi connectivity index (χ3v) is 3.89. The van der Waals surface area contributed by atoms with Crippen LogP contribution in [0, 0.1) is 0 Å². The Kier molecular flexibility index (Phi) is 4.55. The smallest absolute Gasteiger partial charge is 0.188 e. The van der Waals surface area contributed by atoms with E-state index in [-0.39, 0.29) is 0 Å². The number of thiazole rings is 1. The number of pyridine rings is 1. The first-order valence-corrected chi connectivity index (χ1v) is 7.85. The third-order valence-electron chi connectivity index (χ3n) is 2.92. The van der Waals surface area contributed by atoms with Gasteiger partial charge in [-0.05, 0) is 12.5 Å². The maximum atomic E-state index is 4.37. The van der Waals surface area contributed by atoms with Crippen molar-refractivity contribution in [1.82, 2.24) is 19.9 Å². The van der Waals surface area contributed by atoms with E-state index >= 15 is 0 Å². The molecule has 2 N–H and O–H groups in total. The van der Waals surface area contributed by atoms with Gasteiger partial charge in [-0.1, -0.05) is 18.3 Å². The van der Waals surface area contributed by atoms with Crippen molar-refractivity contribution >= 4 is 28.0 Å². The molecule has 22 heavy (non-hydrogen) atoms. The molecule has 0 amide bonds. The van der Waals surface area contributed by atoms with Crippen LogP contribution in [0.25, 0.3) is 10.4 Å². The zero-order valence-electron chi connectivity index (χ0n) is 12.2. The van der Waals surface area contributed by atoms with Gasteiger partial charge >= 0.3 is 0 Å². The summed E-state index contributed by atoms with van der Waals surface area (Å²) in [6.45, 7) is 3.08. The Hall–Kier alpha value is -2.54. The molecule has 0 aliphatic rings. The summed E-state index contributed by atoms with van der Waals surface area (Å²) in [5.41, 5.74) is 2.01. The second-order valence-electron chi connectivity index (χ2n) is 4.64. The molecule has 0 saturated carbocycles. The Morgan fingerprint density at radius 2 is 2.00 bits per heavy atom. The molecule has 3 rings (SSSR count). The number of nitrogens with one attached hydrogen (secondary N) is 2. The van der Waals surface area contributed by atoms with Crippen molar-refractivity contribution in [2.75, 3.05) is 17.2 Å². The van der Waals surface area contributed by atoms with E-state index in [0.29, 0.717) is 0 Å². The topological polar surface area (TPSA) is 75.6 Å². The number of aromatic nitrogens is 4. The van der Waals surface area contributed by atoms with Gasteiger partial charge in [0, 0.05) is 48.6 Å². The molecule has 0 unspecified atom stereocenters. The van der Waals surface area contributed by atoms with Crippen molar-refractivity contribution in [3.05, 3.63) is 43.2 Å². The summed E-state index contributed by atoms with van der Waals surface area (Å²) in [5.74, 6) is 0.770. The second-order valence-corrected chi connectivity index (χ2v) is 5.67. The molecule has 7 heteroatoms. The van der Waals surface area contributed by atoms with Crippen LogP contribution in [0.2, 0.25) is 0 Å². The lowest BCUT2D eigenvalue weighted by Gasteiger charge is -2.06. The zero-order valence-corrected chi connectivity index (χ0v) is 13.0. The van der Waals surface area contributed by atoms with Gasteiger partial charge < -0.3 is 10.6 Å². The van der Waals surface area contributed by atoms with Crippen LogP contribution in [-0.4, -0.2) is 26.5 Å². The fraction of sp³-hybridized carbons (Fsp3) is 0.200. The third kappa shape index (κ3) is 3.56. The first-order valence-electron chi connectivity index (χ1n) is 7.03. The van der Waals surface area contributed by atoms with Crippen LogP contribution in [0.15, 0.2) is 43.2 Å². The van der Waals surface area contributed by atoms with Gasteiger partial charge in [0.2, 0.25) is 0 Å². The lowest BCUT2D eigenvalue weighted by atomic mass is 10.3. The highest BCUT2D eigenvalue weighted by Gasteiger charge is 2.06. The molecule has 112 valence electrons. The Morgan fingerprint density at radius 1 is 1.14 bits per heavy atom. The van der Waals surface area contributed by atoms with E-state index in [2.05, 4.69) is 37.5 Å². The zero-order chi connectivity index (χ0) is 15.2. The predicted molar refractivity (Wildman–Crippen MR) is 89.4 cm³/mol. The Morgan fingerprint density at radius 3 is 2.82 bits per heavy atom. The van der Waals surface area contributed by atoms with Crippen LogP contribution in [0.1, 0.15) is 13.3 Å². The molecule has 0 aromatic carbocycles. The lowest BCUT2D eigenvalue weighted by Crippen LogP contribution is -2.01. The fourth-order valence-electron chi connectivity index (χ4n) is 1.88. The van der Waals surface area contributed by atoms with Gasteiger partial charge in [-0.25, -0.2) is 19.9 Å². The summed E-state index contributed by atoms with van der Waals surface area (Å²) in [4.78, 5) is 17.7. The standard InChI is InChI=1S/C15H16N6S/c1-2-4-18-12-3-5-19-14(6-12)21-15-20-9-13(22-15)11-7-16-10-17-8-11/h3,5-10H,2,4H2,1H3,(H2,18,19,20,21). The molecule has 0 saturated heterocycles. The summed E-state index contributed by atoms with van der Waals surface area (Å²) in [6.07, 6.45) is 9.74. The maximum Gasteiger partial charge on any atom is 0.188 e. The normalized spacial score (nSPS) is 10.4.